The van der Waals surface area contributed by atoms with Crippen LogP contribution in [-0.4, -0.2) is 18.1 Å². The van der Waals surface area contributed by atoms with E-state index in [1.165, 1.54) is 31.4 Å². The number of halogens is 3. The van der Waals surface area contributed by atoms with Gasteiger partial charge in [-0.1, -0.05) is 50.0 Å². The minimum absolute atomic E-state index is 0.0557. The van der Waals surface area contributed by atoms with Gasteiger partial charge in [0.2, 0.25) is 5.88 Å². The fourth-order valence-electron chi connectivity index (χ4n) is 3.40. The number of methoxy groups -OCH3 is 1. The summed E-state index contributed by atoms with van der Waals surface area (Å²) in [4.78, 5) is 17.5. The van der Waals surface area contributed by atoms with Crippen molar-refractivity contribution in [2.45, 2.75) is 26.2 Å². The molecule has 1 aromatic carbocycles. The van der Waals surface area contributed by atoms with Crippen molar-refractivity contribution < 1.29 is 18.7 Å². The molecule has 2 atom stereocenters. The van der Waals surface area contributed by atoms with Crippen LogP contribution in [0.2, 0.25) is 0 Å². The minimum Gasteiger partial charge on any atom is -0.468 e. The molecule has 1 heterocycles. The number of allylic oxidation sites excluding steroid dienone is 1. The Morgan fingerprint density at radius 1 is 1.14 bits per heavy atom. The quantitative estimate of drug-likeness (QED) is 0.507. The van der Waals surface area contributed by atoms with Crippen molar-refractivity contribution in [2.24, 2.45) is 11.8 Å². The van der Waals surface area contributed by atoms with Gasteiger partial charge in [-0.2, -0.15) is 0 Å². The monoisotopic (exact) mass is 425 g/mol. The van der Waals surface area contributed by atoms with Crippen LogP contribution in [0.4, 0.5) is 4.39 Å². The molecule has 2 rings (SSSR count). The summed E-state index contributed by atoms with van der Waals surface area (Å²) in [6.45, 7) is 5.63. The number of ether oxygens (including phenoxy) is 2. The van der Waals surface area contributed by atoms with E-state index in [9.17, 15) is 9.18 Å². The number of hydrogen-bond acceptors (Lipinski definition) is 4. The zero-order valence-electron chi connectivity index (χ0n) is 16.1. The van der Waals surface area contributed by atoms with Crippen LogP contribution in [0.5, 0.6) is 11.6 Å². The second kappa shape index (κ2) is 9.39. The van der Waals surface area contributed by atoms with Crippen molar-refractivity contribution in [2.75, 3.05) is 7.11 Å². The van der Waals surface area contributed by atoms with Crippen LogP contribution in [0.25, 0.3) is 0 Å². The van der Waals surface area contributed by atoms with Crippen molar-refractivity contribution in [3.8, 4) is 11.6 Å². The third-order valence-corrected chi connectivity index (χ3v) is 4.96. The summed E-state index contributed by atoms with van der Waals surface area (Å²) < 4.78 is 24.0. The van der Waals surface area contributed by atoms with E-state index in [1.807, 2.05) is 20.8 Å². The number of benzene rings is 1. The number of hydrogen-bond donors (Lipinski definition) is 0. The van der Waals surface area contributed by atoms with E-state index < -0.39 is 17.3 Å². The maximum absolute atomic E-state index is 13.1. The first-order chi connectivity index (χ1) is 13.2. The van der Waals surface area contributed by atoms with Gasteiger partial charge >= 0.3 is 5.97 Å². The molecule has 0 aliphatic heterocycles. The largest absolute Gasteiger partial charge is 0.468 e. The lowest BCUT2D eigenvalue weighted by atomic mass is 9.65. The van der Waals surface area contributed by atoms with Crippen LogP contribution in [0, 0.1) is 17.7 Å². The molecule has 1 aromatic heterocycles. The lowest BCUT2D eigenvalue weighted by molar-refractivity contribution is -0.151. The Bertz CT molecular complexity index is 851. The maximum atomic E-state index is 13.1. The molecule has 150 valence electrons. The SMILES string of the molecule is COC(=O)C(c1cccc(Oc2ccc(F)cc2)n1)(C(C)C)C(C)C=C(Cl)Cl. The second-order valence-electron chi connectivity index (χ2n) is 6.68. The topological polar surface area (TPSA) is 48.4 Å². The highest BCUT2D eigenvalue weighted by molar-refractivity contribution is 6.55. The van der Waals surface area contributed by atoms with E-state index in [4.69, 9.17) is 32.7 Å². The second-order valence-corrected chi connectivity index (χ2v) is 7.69. The summed E-state index contributed by atoms with van der Waals surface area (Å²) in [6.07, 6.45) is 1.59. The summed E-state index contributed by atoms with van der Waals surface area (Å²) >= 11 is 11.7. The molecular formula is C21H22Cl2FNO3. The fourth-order valence-corrected chi connectivity index (χ4v) is 3.77. The van der Waals surface area contributed by atoms with E-state index in [1.54, 1.807) is 24.3 Å². The lowest BCUT2D eigenvalue weighted by Gasteiger charge is -2.38. The van der Waals surface area contributed by atoms with Crippen LogP contribution in [-0.2, 0) is 14.9 Å². The molecule has 0 saturated carbocycles. The predicted octanol–water partition coefficient (Wildman–Crippen LogP) is 6.03. The van der Waals surface area contributed by atoms with E-state index in [0.29, 0.717) is 11.4 Å². The Balaban J connectivity index is 2.55. The van der Waals surface area contributed by atoms with Gasteiger partial charge in [0.1, 0.15) is 21.5 Å². The summed E-state index contributed by atoms with van der Waals surface area (Å²) in [5.74, 6) is -0.711. The molecule has 2 aromatic rings. The molecule has 2 unspecified atom stereocenters. The number of carbonyl (C=O) groups is 1. The average Bonchev–Trinajstić information content (AvgIpc) is 2.63. The molecule has 0 aliphatic rings. The molecule has 0 N–H and O–H groups in total. The van der Waals surface area contributed by atoms with Gasteiger partial charge in [-0.3, -0.25) is 4.79 Å². The van der Waals surface area contributed by atoms with E-state index in [-0.39, 0.29) is 22.1 Å². The number of aromatic nitrogens is 1. The van der Waals surface area contributed by atoms with Gasteiger partial charge in [0.15, 0.2) is 0 Å². The maximum Gasteiger partial charge on any atom is 0.318 e. The molecule has 4 nitrogen and oxygen atoms in total. The molecule has 0 bridgehead atoms. The zero-order valence-corrected chi connectivity index (χ0v) is 17.6. The molecule has 0 radical (unpaired) electrons. The van der Waals surface area contributed by atoms with E-state index in [2.05, 4.69) is 4.98 Å². The van der Waals surface area contributed by atoms with Crippen LogP contribution >= 0.6 is 23.2 Å². The van der Waals surface area contributed by atoms with Gasteiger partial charge in [0.05, 0.1) is 12.8 Å². The number of esters is 1. The van der Waals surface area contributed by atoms with Crippen molar-refractivity contribution >= 4 is 29.2 Å². The van der Waals surface area contributed by atoms with E-state index >= 15 is 0 Å². The fraction of sp³-hybridized carbons (Fsp3) is 0.333. The van der Waals surface area contributed by atoms with Crippen molar-refractivity contribution in [1.29, 1.82) is 0 Å². The molecule has 0 aliphatic carbocycles. The first-order valence-electron chi connectivity index (χ1n) is 8.74. The molecule has 7 heteroatoms. The highest BCUT2D eigenvalue weighted by atomic mass is 35.5. The van der Waals surface area contributed by atoms with Gasteiger partial charge in [-0.25, -0.2) is 9.37 Å². The highest BCUT2D eigenvalue weighted by Gasteiger charge is 2.49. The van der Waals surface area contributed by atoms with Crippen molar-refractivity contribution in [3.05, 3.63) is 64.5 Å². The summed E-state index contributed by atoms with van der Waals surface area (Å²) in [5, 5.41) is 0. The molecule has 0 saturated heterocycles. The van der Waals surface area contributed by atoms with Gasteiger partial charge in [0.25, 0.3) is 0 Å². The van der Waals surface area contributed by atoms with Crippen LogP contribution < -0.4 is 4.74 Å². The number of nitrogens with zero attached hydrogens (tertiary/aromatic N) is 1. The summed E-state index contributed by atoms with van der Waals surface area (Å²) in [5.41, 5.74) is -0.668. The Kier molecular flexibility index (Phi) is 7.44. The molecule has 0 amide bonds. The van der Waals surface area contributed by atoms with Gasteiger partial charge in [0, 0.05) is 6.07 Å². The summed E-state index contributed by atoms with van der Waals surface area (Å²) in [6, 6.07) is 10.7. The molecule has 28 heavy (non-hydrogen) atoms. The van der Waals surface area contributed by atoms with Crippen LogP contribution in [0.1, 0.15) is 26.5 Å². The van der Waals surface area contributed by atoms with Crippen molar-refractivity contribution in [3.63, 3.8) is 0 Å². The van der Waals surface area contributed by atoms with Crippen LogP contribution in [0.3, 0.4) is 0 Å². The molecule has 0 fully saturated rings. The third kappa shape index (κ3) is 4.65. The lowest BCUT2D eigenvalue weighted by Crippen LogP contribution is -2.47. The van der Waals surface area contributed by atoms with Gasteiger partial charge < -0.3 is 9.47 Å². The number of rotatable bonds is 7. The first-order valence-corrected chi connectivity index (χ1v) is 9.49. The Morgan fingerprint density at radius 3 is 2.32 bits per heavy atom. The Labute approximate surface area is 174 Å². The Morgan fingerprint density at radius 2 is 1.79 bits per heavy atom. The van der Waals surface area contributed by atoms with Crippen LogP contribution in [0.15, 0.2) is 53.0 Å². The minimum atomic E-state index is -1.13. The molecular weight excluding hydrogens is 404 g/mol. The first kappa shape index (κ1) is 22.2. The standard InChI is InChI=1S/C21H22Cl2FNO3/c1-13(2)21(20(26)27-4,14(3)12-18(22)23)17-6-5-7-19(25-17)28-16-10-8-15(24)9-11-16/h5-14H,1-4H3. The van der Waals surface area contributed by atoms with Gasteiger partial charge in [-0.15, -0.1) is 0 Å². The van der Waals surface area contributed by atoms with E-state index in [0.717, 1.165) is 0 Å². The van der Waals surface area contributed by atoms with Crippen molar-refractivity contribution in [1.82, 2.24) is 4.98 Å². The predicted molar refractivity (Wildman–Crippen MR) is 108 cm³/mol. The highest BCUT2D eigenvalue weighted by Crippen LogP contribution is 2.42. The third-order valence-electron chi connectivity index (χ3n) is 4.71. The smallest absolute Gasteiger partial charge is 0.318 e. The normalized spacial score (nSPS) is 14.1. The number of carbonyl (C=O) groups excluding carboxylic acids is 1. The molecule has 0 spiro atoms. The summed E-state index contributed by atoms with van der Waals surface area (Å²) in [7, 11) is 1.33. The average molecular weight is 426 g/mol. The Hall–Kier alpha value is -2.11. The van der Waals surface area contributed by atoms with Gasteiger partial charge in [-0.05, 0) is 48.2 Å². The zero-order chi connectivity index (χ0) is 20.9. The number of pyridine rings is 1.